The fourth-order valence-electron chi connectivity index (χ4n) is 6.62. The Morgan fingerprint density at radius 3 is 2.34 bits per heavy atom. The van der Waals surface area contributed by atoms with Gasteiger partial charge in [0.25, 0.3) is 23.3 Å². The molecule has 6 rings (SSSR count). The number of aromatic amines is 1. The van der Waals surface area contributed by atoms with Gasteiger partial charge in [0, 0.05) is 63.6 Å². The normalized spacial score (nSPS) is 13.0. The van der Waals surface area contributed by atoms with E-state index in [-0.39, 0.29) is 98.2 Å². The third kappa shape index (κ3) is 9.74. The summed E-state index contributed by atoms with van der Waals surface area (Å²) < 4.78 is 63.1. The molecule has 0 aliphatic carbocycles. The second kappa shape index (κ2) is 18.2. The summed E-state index contributed by atoms with van der Waals surface area (Å²) in [6.07, 6.45) is 0.266. The zero-order valence-electron chi connectivity index (χ0n) is 31.4. The van der Waals surface area contributed by atoms with Gasteiger partial charge in [-0.25, -0.2) is 22.7 Å². The molecule has 0 unspecified atom stereocenters. The Kier molecular flexibility index (Phi) is 12.9. The van der Waals surface area contributed by atoms with Crippen LogP contribution in [0.4, 0.5) is 17.6 Å². The number of aromatic nitrogens is 2. The Labute approximate surface area is 330 Å². The highest BCUT2D eigenvalue weighted by Crippen LogP contribution is 2.32. The van der Waals surface area contributed by atoms with Crippen LogP contribution in [0.2, 0.25) is 0 Å². The lowest BCUT2D eigenvalue weighted by Crippen LogP contribution is -2.52. The van der Waals surface area contributed by atoms with Crippen LogP contribution in [0, 0.1) is 23.0 Å². The molecule has 3 N–H and O–H groups in total. The number of nitrogens with zero attached hydrogens (tertiary/aromatic N) is 4. The predicted octanol–water partition coefficient (Wildman–Crippen LogP) is 4.76. The van der Waals surface area contributed by atoms with Gasteiger partial charge in [0.05, 0.1) is 47.5 Å². The number of nitriles is 1. The lowest BCUT2D eigenvalue weighted by molar-refractivity contribution is -0.131. The molecule has 0 radical (unpaired) electrons. The van der Waals surface area contributed by atoms with E-state index in [1.165, 1.54) is 47.4 Å². The van der Waals surface area contributed by atoms with Crippen LogP contribution >= 0.6 is 0 Å². The molecular weight excluding hydrogens is 758 g/mol. The highest BCUT2D eigenvalue weighted by atomic mass is 19.3. The molecule has 1 fully saturated rings. The minimum Gasteiger partial charge on any atom is -0.378 e. The minimum atomic E-state index is -3.12. The molecule has 2 heterocycles. The van der Waals surface area contributed by atoms with Gasteiger partial charge in [0.2, 0.25) is 5.91 Å². The zero-order chi connectivity index (χ0) is 41.4. The van der Waals surface area contributed by atoms with E-state index < -0.39 is 34.9 Å². The van der Waals surface area contributed by atoms with Gasteiger partial charge in [-0.05, 0) is 53.1 Å². The van der Waals surface area contributed by atoms with Gasteiger partial charge in [0.15, 0.2) is 0 Å². The molecule has 0 bridgehead atoms. The number of piperazine rings is 1. The molecule has 1 saturated heterocycles. The molecular formula is C42H39F4N7O5. The van der Waals surface area contributed by atoms with Gasteiger partial charge in [-0.2, -0.15) is 10.4 Å². The van der Waals surface area contributed by atoms with Crippen molar-refractivity contribution in [1.82, 2.24) is 30.6 Å². The van der Waals surface area contributed by atoms with E-state index in [1.807, 2.05) is 0 Å². The van der Waals surface area contributed by atoms with Crippen molar-refractivity contribution in [2.75, 3.05) is 59.0 Å². The number of nitrogens with one attached hydrogen (secondary N) is 3. The number of amides is 3. The zero-order valence-corrected chi connectivity index (χ0v) is 31.4. The van der Waals surface area contributed by atoms with Crippen LogP contribution < -0.4 is 16.2 Å². The van der Waals surface area contributed by atoms with Crippen molar-refractivity contribution in [3.63, 3.8) is 0 Å². The fourth-order valence-corrected chi connectivity index (χ4v) is 6.62. The van der Waals surface area contributed by atoms with Crippen LogP contribution in [0.1, 0.15) is 50.0 Å². The lowest BCUT2D eigenvalue weighted by atomic mass is 9.96. The van der Waals surface area contributed by atoms with Gasteiger partial charge in [-0.3, -0.25) is 19.2 Å². The van der Waals surface area contributed by atoms with Crippen molar-refractivity contribution in [3.05, 3.63) is 134 Å². The van der Waals surface area contributed by atoms with Crippen molar-refractivity contribution in [3.8, 4) is 17.2 Å². The number of carbonyl (C=O) groups excluding carboxylic acids is 3. The van der Waals surface area contributed by atoms with Gasteiger partial charge in [-0.1, -0.05) is 42.5 Å². The van der Waals surface area contributed by atoms with Gasteiger partial charge in [-0.15, -0.1) is 0 Å². The summed E-state index contributed by atoms with van der Waals surface area (Å²) in [5, 5.41) is 22.9. The molecule has 300 valence electrons. The number of ether oxygens (including phenoxy) is 1. The van der Waals surface area contributed by atoms with Gasteiger partial charge < -0.3 is 25.2 Å². The first-order chi connectivity index (χ1) is 27.8. The number of halogens is 4. The lowest BCUT2D eigenvalue weighted by Gasteiger charge is -2.35. The van der Waals surface area contributed by atoms with Gasteiger partial charge in [0.1, 0.15) is 17.7 Å². The molecule has 12 nitrogen and oxygen atoms in total. The number of H-pyrrole nitrogens is 1. The summed E-state index contributed by atoms with van der Waals surface area (Å²) >= 11 is 0. The third-order valence-electron chi connectivity index (χ3n) is 9.70. The van der Waals surface area contributed by atoms with E-state index in [9.17, 15) is 37.6 Å². The van der Waals surface area contributed by atoms with Crippen molar-refractivity contribution in [2.45, 2.75) is 19.3 Å². The summed E-state index contributed by atoms with van der Waals surface area (Å²) in [7, 11) is 0. The Bertz CT molecular complexity index is 2440. The van der Waals surface area contributed by atoms with Crippen molar-refractivity contribution in [2.24, 2.45) is 0 Å². The van der Waals surface area contributed by atoms with E-state index in [1.54, 1.807) is 41.3 Å². The van der Waals surface area contributed by atoms with Crippen LogP contribution in [-0.4, -0.2) is 96.7 Å². The molecule has 5 aromatic rings. The standard InChI is InChI=1S/C42H39F4N7O5/c1-42(45,46)30-6-4-5-27(22-30)28-21-29(24-47)38(35(44)23-28)40(56)49-12-18-58-17-11-48-25-37(54)52-13-15-53(16-14-52)41(57)33-19-26(9-10-34(33)43)20-36-31-7-2-3-8-32(31)39(55)51-50-36/h2-10,19,21-23,48H,11-18,20,25H2,1H3,(H,49,56)(H,51,55). The molecule has 58 heavy (non-hydrogen) atoms. The number of benzene rings is 4. The highest BCUT2D eigenvalue weighted by molar-refractivity contribution is 5.98. The van der Waals surface area contributed by atoms with Crippen LogP contribution in [0.25, 0.3) is 21.9 Å². The average Bonchev–Trinajstić information content (AvgIpc) is 3.22. The summed E-state index contributed by atoms with van der Waals surface area (Å²) in [6.45, 7) is 2.26. The van der Waals surface area contributed by atoms with Gasteiger partial charge >= 0.3 is 0 Å². The van der Waals surface area contributed by atoms with Crippen LogP contribution in [0.15, 0.2) is 83.7 Å². The number of hydrogen-bond acceptors (Lipinski definition) is 8. The first-order valence-corrected chi connectivity index (χ1v) is 18.4. The largest absolute Gasteiger partial charge is 0.378 e. The molecule has 0 atom stereocenters. The fraction of sp³-hybridized carbons (Fsp3) is 0.286. The molecule has 1 aromatic heterocycles. The second-order valence-electron chi connectivity index (χ2n) is 13.7. The number of fused-ring (bicyclic) bond motifs is 1. The van der Waals surface area contributed by atoms with E-state index in [4.69, 9.17) is 4.74 Å². The van der Waals surface area contributed by atoms with Crippen molar-refractivity contribution in [1.29, 1.82) is 5.26 Å². The Balaban J connectivity index is 0.900. The molecule has 3 amide bonds. The molecule has 0 saturated carbocycles. The maximum absolute atomic E-state index is 15.1. The Morgan fingerprint density at radius 2 is 1.60 bits per heavy atom. The third-order valence-corrected chi connectivity index (χ3v) is 9.70. The maximum atomic E-state index is 15.1. The van der Waals surface area contributed by atoms with Crippen LogP contribution in [0.5, 0.6) is 0 Å². The number of hydrogen-bond donors (Lipinski definition) is 3. The number of carbonyl (C=O) groups is 3. The Hall–Kier alpha value is -6.44. The van der Waals surface area contributed by atoms with E-state index in [2.05, 4.69) is 20.8 Å². The molecule has 16 heteroatoms. The predicted molar refractivity (Wildman–Crippen MR) is 206 cm³/mol. The van der Waals surface area contributed by atoms with Crippen molar-refractivity contribution < 1.29 is 36.7 Å². The first kappa shape index (κ1) is 41.2. The first-order valence-electron chi connectivity index (χ1n) is 18.4. The maximum Gasteiger partial charge on any atom is 0.272 e. The molecule has 0 spiro atoms. The van der Waals surface area contributed by atoms with E-state index in [0.717, 1.165) is 13.0 Å². The highest BCUT2D eigenvalue weighted by Gasteiger charge is 2.27. The summed E-state index contributed by atoms with van der Waals surface area (Å²) in [6, 6.07) is 20.8. The molecule has 4 aromatic carbocycles. The van der Waals surface area contributed by atoms with Crippen LogP contribution in [0.3, 0.4) is 0 Å². The average molecular weight is 798 g/mol. The van der Waals surface area contributed by atoms with Crippen LogP contribution in [-0.2, 0) is 21.9 Å². The molecule has 1 aliphatic rings. The monoisotopic (exact) mass is 797 g/mol. The Morgan fingerprint density at radius 1 is 0.879 bits per heavy atom. The number of alkyl halides is 2. The summed E-state index contributed by atoms with van der Waals surface area (Å²) in [5.74, 6) is -6.27. The minimum absolute atomic E-state index is 0.00188. The summed E-state index contributed by atoms with van der Waals surface area (Å²) in [5.41, 5.74) is 0.263. The second-order valence-corrected chi connectivity index (χ2v) is 13.7. The van der Waals surface area contributed by atoms with Crippen molar-refractivity contribution >= 4 is 28.5 Å². The SMILES string of the molecule is CC(F)(F)c1cccc(-c2cc(F)c(C(=O)NCCOCCNCC(=O)N3CCN(C(=O)c4cc(Cc5n[nH]c(=O)c6ccccc56)ccc4F)CC3)c(C#N)c2)c1. The molecule has 1 aliphatic heterocycles. The quantitative estimate of drug-likeness (QED) is 0.107. The van der Waals surface area contributed by atoms with E-state index >= 15 is 4.39 Å². The smallest absolute Gasteiger partial charge is 0.272 e. The topological polar surface area (TPSA) is 161 Å². The summed E-state index contributed by atoms with van der Waals surface area (Å²) in [4.78, 5) is 54.2. The van der Waals surface area contributed by atoms with E-state index in [0.29, 0.717) is 28.6 Å². The number of rotatable bonds is 14.